The Balaban J connectivity index is 2.46. The topological polar surface area (TPSA) is 81.3 Å². The number of anilines is 2. The molecule has 6 nitrogen and oxygen atoms in total. The van der Waals surface area contributed by atoms with Gasteiger partial charge in [0.1, 0.15) is 5.69 Å². The number of benzene rings is 1. The van der Waals surface area contributed by atoms with Crippen LogP contribution in [0.5, 0.6) is 0 Å². The molecule has 2 aromatic rings. The third-order valence-electron chi connectivity index (χ3n) is 2.91. The second-order valence-electron chi connectivity index (χ2n) is 4.19. The first kappa shape index (κ1) is 14.7. The van der Waals surface area contributed by atoms with Crippen molar-refractivity contribution in [3.8, 4) is 11.3 Å². The second-order valence-corrected chi connectivity index (χ2v) is 4.19. The maximum atomic E-state index is 13.8. The van der Waals surface area contributed by atoms with Crippen LogP contribution in [0.1, 0.15) is 6.92 Å². The number of carbonyl (C=O) groups excluding carboxylic acids is 1. The first-order valence-corrected chi connectivity index (χ1v) is 6.30. The van der Waals surface area contributed by atoms with Gasteiger partial charge in [-0.3, -0.25) is 4.90 Å². The fourth-order valence-electron chi connectivity index (χ4n) is 1.93. The molecule has 0 aliphatic rings. The number of nitrogens with zero attached hydrogens (tertiary/aromatic N) is 3. The van der Waals surface area contributed by atoms with E-state index in [0.29, 0.717) is 17.8 Å². The molecule has 7 heteroatoms. The molecular formula is C14H15FN4O2. The van der Waals surface area contributed by atoms with E-state index in [-0.39, 0.29) is 11.6 Å². The molecule has 0 saturated heterocycles. The lowest BCUT2D eigenvalue weighted by Crippen LogP contribution is -2.30. The van der Waals surface area contributed by atoms with Crippen LogP contribution in [0.25, 0.3) is 11.3 Å². The van der Waals surface area contributed by atoms with Crippen molar-refractivity contribution in [2.24, 2.45) is 0 Å². The van der Waals surface area contributed by atoms with Crippen molar-refractivity contribution in [3.63, 3.8) is 0 Å². The van der Waals surface area contributed by atoms with E-state index in [0.717, 1.165) is 6.20 Å². The highest BCUT2D eigenvalue weighted by atomic mass is 19.1. The van der Waals surface area contributed by atoms with Crippen LogP contribution in [-0.2, 0) is 4.74 Å². The standard InChI is InChI=1S/C14H15FN4O2/c1-3-19(14(20)21-2)10-6-4-5-9(7-10)12-11(15)8-17-13(16)18-12/h4-8H,3H2,1-2H3,(H2,16,17,18). The van der Waals surface area contributed by atoms with Crippen LogP contribution in [0.3, 0.4) is 0 Å². The summed E-state index contributed by atoms with van der Waals surface area (Å²) < 4.78 is 18.5. The van der Waals surface area contributed by atoms with Gasteiger partial charge in [0.25, 0.3) is 0 Å². The summed E-state index contributed by atoms with van der Waals surface area (Å²) in [5.41, 5.74) is 6.66. The minimum Gasteiger partial charge on any atom is -0.452 e. The molecule has 0 atom stereocenters. The third-order valence-corrected chi connectivity index (χ3v) is 2.91. The Kier molecular flexibility index (Phi) is 4.32. The Morgan fingerprint density at radius 2 is 2.24 bits per heavy atom. The van der Waals surface area contributed by atoms with Gasteiger partial charge >= 0.3 is 6.09 Å². The van der Waals surface area contributed by atoms with E-state index in [4.69, 9.17) is 10.5 Å². The number of aromatic nitrogens is 2. The van der Waals surface area contributed by atoms with E-state index in [1.165, 1.54) is 12.0 Å². The molecule has 0 aliphatic heterocycles. The molecule has 1 aromatic heterocycles. The zero-order valence-corrected chi connectivity index (χ0v) is 11.7. The molecule has 110 valence electrons. The summed E-state index contributed by atoms with van der Waals surface area (Å²) in [6, 6.07) is 6.76. The van der Waals surface area contributed by atoms with E-state index >= 15 is 0 Å². The van der Waals surface area contributed by atoms with E-state index in [9.17, 15) is 9.18 Å². The van der Waals surface area contributed by atoms with Gasteiger partial charge in [-0.15, -0.1) is 0 Å². The summed E-state index contributed by atoms with van der Waals surface area (Å²) >= 11 is 0. The summed E-state index contributed by atoms with van der Waals surface area (Å²) in [6.45, 7) is 2.23. The van der Waals surface area contributed by atoms with Gasteiger partial charge in [-0.25, -0.2) is 19.2 Å². The van der Waals surface area contributed by atoms with Gasteiger partial charge in [0, 0.05) is 17.8 Å². The van der Waals surface area contributed by atoms with Crippen LogP contribution >= 0.6 is 0 Å². The van der Waals surface area contributed by atoms with Gasteiger partial charge in [0.2, 0.25) is 5.95 Å². The van der Waals surface area contributed by atoms with Crippen molar-refractivity contribution in [1.29, 1.82) is 0 Å². The predicted octanol–water partition coefficient (Wildman–Crippen LogP) is 2.46. The Morgan fingerprint density at radius 1 is 1.48 bits per heavy atom. The Bertz CT molecular complexity index is 663. The van der Waals surface area contributed by atoms with Crippen LogP contribution in [0.2, 0.25) is 0 Å². The minimum absolute atomic E-state index is 0.0166. The van der Waals surface area contributed by atoms with Crippen molar-refractivity contribution in [3.05, 3.63) is 36.3 Å². The number of amides is 1. The monoisotopic (exact) mass is 290 g/mol. The molecule has 0 aliphatic carbocycles. The highest BCUT2D eigenvalue weighted by molar-refractivity contribution is 5.88. The molecule has 1 heterocycles. The largest absolute Gasteiger partial charge is 0.452 e. The quantitative estimate of drug-likeness (QED) is 0.939. The number of nitrogen functional groups attached to an aromatic ring is 1. The molecule has 1 amide bonds. The molecule has 21 heavy (non-hydrogen) atoms. The Hall–Kier alpha value is -2.70. The van der Waals surface area contributed by atoms with Gasteiger partial charge in [-0.2, -0.15) is 0 Å². The Labute approximate surface area is 121 Å². The number of rotatable bonds is 3. The highest BCUT2D eigenvalue weighted by Crippen LogP contribution is 2.25. The van der Waals surface area contributed by atoms with Crippen molar-refractivity contribution >= 4 is 17.7 Å². The van der Waals surface area contributed by atoms with E-state index in [1.807, 2.05) is 6.92 Å². The average molecular weight is 290 g/mol. The van der Waals surface area contributed by atoms with Gasteiger partial charge in [0.15, 0.2) is 5.82 Å². The molecule has 1 aromatic carbocycles. The van der Waals surface area contributed by atoms with Crippen LogP contribution in [0.4, 0.5) is 20.8 Å². The van der Waals surface area contributed by atoms with Crippen LogP contribution in [0, 0.1) is 5.82 Å². The third kappa shape index (κ3) is 3.07. The van der Waals surface area contributed by atoms with Crippen LogP contribution < -0.4 is 10.6 Å². The van der Waals surface area contributed by atoms with Crippen LogP contribution in [0.15, 0.2) is 30.5 Å². The van der Waals surface area contributed by atoms with E-state index in [2.05, 4.69) is 9.97 Å². The van der Waals surface area contributed by atoms with Crippen molar-refractivity contribution in [1.82, 2.24) is 9.97 Å². The second kappa shape index (κ2) is 6.17. The smallest absolute Gasteiger partial charge is 0.413 e. The number of methoxy groups -OCH3 is 1. The molecule has 0 saturated carbocycles. The first-order chi connectivity index (χ1) is 10.1. The first-order valence-electron chi connectivity index (χ1n) is 6.30. The number of halogens is 1. The molecule has 0 radical (unpaired) electrons. The maximum Gasteiger partial charge on any atom is 0.413 e. The number of nitrogens with two attached hydrogens (primary N) is 1. The minimum atomic E-state index is -0.581. The zero-order chi connectivity index (χ0) is 15.4. The van der Waals surface area contributed by atoms with E-state index < -0.39 is 11.9 Å². The van der Waals surface area contributed by atoms with Gasteiger partial charge in [-0.1, -0.05) is 12.1 Å². The Morgan fingerprint density at radius 3 is 2.90 bits per heavy atom. The molecule has 0 spiro atoms. The summed E-state index contributed by atoms with van der Waals surface area (Å²) in [5.74, 6) is -0.598. The molecule has 0 unspecified atom stereocenters. The molecule has 0 bridgehead atoms. The van der Waals surface area contributed by atoms with Gasteiger partial charge in [0.05, 0.1) is 13.3 Å². The lowest BCUT2D eigenvalue weighted by atomic mass is 10.1. The molecule has 2 rings (SSSR count). The highest BCUT2D eigenvalue weighted by Gasteiger charge is 2.16. The van der Waals surface area contributed by atoms with Crippen molar-refractivity contribution in [2.75, 3.05) is 24.3 Å². The zero-order valence-electron chi connectivity index (χ0n) is 11.7. The fraction of sp³-hybridized carbons (Fsp3) is 0.214. The molecule has 0 fully saturated rings. The number of carbonyl (C=O) groups is 1. The number of hydrogen-bond donors (Lipinski definition) is 1. The molecule has 2 N–H and O–H groups in total. The van der Waals surface area contributed by atoms with E-state index in [1.54, 1.807) is 24.3 Å². The average Bonchev–Trinajstić information content (AvgIpc) is 2.50. The normalized spacial score (nSPS) is 10.2. The molecular weight excluding hydrogens is 275 g/mol. The van der Waals surface area contributed by atoms with Gasteiger partial charge in [-0.05, 0) is 19.1 Å². The lowest BCUT2D eigenvalue weighted by molar-refractivity contribution is 0.179. The maximum absolute atomic E-state index is 13.8. The fourth-order valence-corrected chi connectivity index (χ4v) is 1.93. The van der Waals surface area contributed by atoms with Crippen molar-refractivity contribution in [2.45, 2.75) is 6.92 Å². The SMILES string of the molecule is CCN(C(=O)OC)c1cccc(-c2nc(N)ncc2F)c1. The van der Waals surface area contributed by atoms with Crippen molar-refractivity contribution < 1.29 is 13.9 Å². The lowest BCUT2D eigenvalue weighted by Gasteiger charge is -2.19. The van der Waals surface area contributed by atoms with Crippen LogP contribution in [-0.4, -0.2) is 29.7 Å². The predicted molar refractivity (Wildman–Crippen MR) is 77.3 cm³/mol. The van der Waals surface area contributed by atoms with Gasteiger partial charge < -0.3 is 10.5 Å². The summed E-state index contributed by atoms with van der Waals surface area (Å²) in [6.07, 6.45) is 0.528. The summed E-state index contributed by atoms with van der Waals surface area (Å²) in [7, 11) is 1.31. The summed E-state index contributed by atoms with van der Waals surface area (Å²) in [4.78, 5) is 20.6. The summed E-state index contributed by atoms with van der Waals surface area (Å²) in [5, 5.41) is 0. The number of ether oxygens (including phenoxy) is 1. The number of hydrogen-bond acceptors (Lipinski definition) is 5.